The van der Waals surface area contributed by atoms with Gasteiger partial charge < -0.3 is 14.6 Å². The second-order valence-corrected chi connectivity index (χ2v) is 5.60. The maximum Gasteiger partial charge on any atom is 0.376 e. The molecule has 21 heavy (non-hydrogen) atoms. The molecular formula is C15H19BClNO3. The second-order valence-electron chi connectivity index (χ2n) is 5.16. The van der Waals surface area contributed by atoms with E-state index in [0.717, 1.165) is 24.1 Å². The van der Waals surface area contributed by atoms with Gasteiger partial charge in [0.1, 0.15) is 0 Å². The van der Waals surface area contributed by atoms with Gasteiger partial charge >= 0.3 is 13.0 Å². The highest BCUT2D eigenvalue weighted by Gasteiger charge is 2.21. The first-order valence-electron chi connectivity index (χ1n) is 6.98. The summed E-state index contributed by atoms with van der Waals surface area (Å²) in [4.78, 5) is 13.5. The van der Waals surface area contributed by atoms with Crippen LogP contribution in [-0.2, 0) is 16.0 Å². The molecule has 4 nitrogen and oxygen atoms in total. The maximum absolute atomic E-state index is 11.5. The van der Waals surface area contributed by atoms with E-state index in [4.69, 9.17) is 16.3 Å². The summed E-state index contributed by atoms with van der Waals surface area (Å²) in [5.41, 5.74) is 3.10. The molecule has 1 N–H and O–H groups in total. The Morgan fingerprint density at radius 1 is 1.52 bits per heavy atom. The largest absolute Gasteiger partial charge is 0.469 e. The van der Waals surface area contributed by atoms with Crippen molar-refractivity contribution in [2.24, 2.45) is 0 Å². The molecule has 2 rings (SSSR count). The monoisotopic (exact) mass is 307 g/mol. The molecule has 0 fully saturated rings. The smallest absolute Gasteiger partial charge is 0.376 e. The molecule has 1 aliphatic rings. The van der Waals surface area contributed by atoms with E-state index in [9.17, 15) is 9.82 Å². The normalized spacial score (nSPS) is 15.5. The van der Waals surface area contributed by atoms with Crippen LogP contribution in [0.1, 0.15) is 17.5 Å². The van der Waals surface area contributed by atoms with E-state index in [1.807, 2.05) is 23.0 Å². The van der Waals surface area contributed by atoms with Crippen LogP contribution in [0.4, 0.5) is 0 Å². The van der Waals surface area contributed by atoms with Gasteiger partial charge in [-0.25, -0.2) is 0 Å². The van der Waals surface area contributed by atoms with Gasteiger partial charge in [0.25, 0.3) is 0 Å². The highest BCUT2D eigenvalue weighted by atomic mass is 35.5. The van der Waals surface area contributed by atoms with Crippen molar-refractivity contribution in [3.05, 3.63) is 40.4 Å². The molecule has 0 unspecified atom stereocenters. The van der Waals surface area contributed by atoms with Gasteiger partial charge in [0.05, 0.1) is 13.5 Å². The van der Waals surface area contributed by atoms with Crippen molar-refractivity contribution in [1.29, 1.82) is 0 Å². The fraction of sp³-hybridized carbons (Fsp3) is 0.400. The van der Waals surface area contributed by atoms with Crippen LogP contribution < -0.4 is 0 Å². The number of hydrogen-bond donors (Lipinski definition) is 1. The molecule has 0 aromatic heterocycles. The molecule has 0 spiro atoms. The van der Waals surface area contributed by atoms with E-state index in [0.29, 0.717) is 11.6 Å². The van der Waals surface area contributed by atoms with Crippen LogP contribution in [0.15, 0.2) is 24.3 Å². The first kappa shape index (κ1) is 16.1. The number of halogens is 1. The van der Waals surface area contributed by atoms with Crippen molar-refractivity contribution in [1.82, 2.24) is 4.81 Å². The van der Waals surface area contributed by atoms with Gasteiger partial charge in [0.15, 0.2) is 0 Å². The van der Waals surface area contributed by atoms with Gasteiger partial charge in [-0.05, 0) is 48.6 Å². The zero-order valence-electron chi connectivity index (χ0n) is 12.3. The lowest BCUT2D eigenvalue weighted by Gasteiger charge is -2.27. The number of esters is 1. The summed E-state index contributed by atoms with van der Waals surface area (Å²) in [7, 11) is 0.940. The first-order valence-corrected chi connectivity index (χ1v) is 7.36. The molecular weight excluding hydrogens is 288 g/mol. The van der Waals surface area contributed by atoms with Crippen molar-refractivity contribution in [2.45, 2.75) is 19.7 Å². The minimum atomic E-state index is -0.442. The lowest BCUT2D eigenvalue weighted by molar-refractivity contribution is -0.139. The van der Waals surface area contributed by atoms with Crippen LogP contribution in [0.2, 0.25) is 11.8 Å². The number of rotatable bonds is 4. The van der Waals surface area contributed by atoms with Crippen molar-refractivity contribution < 1.29 is 14.6 Å². The Bertz CT molecular complexity index is 560. The molecule has 6 heteroatoms. The first-order chi connectivity index (χ1) is 10.0. The highest BCUT2D eigenvalue weighted by Crippen LogP contribution is 2.28. The SMILES string of the molecule is COC(=O)Cc1cc(Cl)ccc1C1=CCN(B(C)O)CC1. The Balaban J connectivity index is 2.25. The number of hydrogen-bond acceptors (Lipinski definition) is 4. The lowest BCUT2D eigenvalue weighted by atomic mass is 9.82. The molecule has 0 saturated carbocycles. The Morgan fingerprint density at radius 2 is 2.29 bits per heavy atom. The van der Waals surface area contributed by atoms with Gasteiger partial charge in [0.2, 0.25) is 0 Å². The van der Waals surface area contributed by atoms with E-state index in [2.05, 4.69) is 6.08 Å². The fourth-order valence-corrected chi connectivity index (χ4v) is 2.71. The number of benzene rings is 1. The summed E-state index contributed by atoms with van der Waals surface area (Å²) in [5.74, 6) is -0.277. The van der Waals surface area contributed by atoms with E-state index >= 15 is 0 Å². The quantitative estimate of drug-likeness (QED) is 0.685. The predicted molar refractivity (Wildman–Crippen MR) is 85.2 cm³/mol. The average Bonchev–Trinajstić information content (AvgIpc) is 2.47. The van der Waals surface area contributed by atoms with Crippen molar-refractivity contribution in [3.8, 4) is 0 Å². The Labute approximate surface area is 130 Å². The predicted octanol–water partition coefficient (Wildman–Crippen LogP) is 2.25. The van der Waals surface area contributed by atoms with Crippen LogP contribution in [0.5, 0.6) is 0 Å². The van der Waals surface area contributed by atoms with E-state index in [1.54, 1.807) is 6.82 Å². The topological polar surface area (TPSA) is 49.8 Å². The molecule has 0 saturated heterocycles. The zero-order valence-corrected chi connectivity index (χ0v) is 13.1. The van der Waals surface area contributed by atoms with E-state index in [-0.39, 0.29) is 12.4 Å². The summed E-state index contributed by atoms with van der Waals surface area (Å²) in [6.07, 6.45) is 3.14. The van der Waals surface area contributed by atoms with Crippen LogP contribution in [0, 0.1) is 0 Å². The molecule has 0 bridgehead atoms. The molecule has 1 aromatic rings. The minimum Gasteiger partial charge on any atom is -0.469 e. The summed E-state index contributed by atoms with van der Waals surface area (Å²) in [6.45, 7) is 3.26. The van der Waals surface area contributed by atoms with Gasteiger partial charge in [-0.1, -0.05) is 23.7 Å². The van der Waals surface area contributed by atoms with E-state index < -0.39 is 7.05 Å². The van der Waals surface area contributed by atoms with Crippen LogP contribution in [0.3, 0.4) is 0 Å². The number of methoxy groups -OCH3 is 1. The van der Waals surface area contributed by atoms with Crippen LogP contribution >= 0.6 is 11.6 Å². The van der Waals surface area contributed by atoms with Crippen molar-refractivity contribution >= 4 is 30.2 Å². The highest BCUT2D eigenvalue weighted by molar-refractivity contribution is 6.45. The Kier molecular flexibility index (Phi) is 5.45. The average molecular weight is 308 g/mol. The summed E-state index contributed by atoms with van der Waals surface area (Å²) in [6, 6.07) is 5.60. The molecule has 0 aliphatic carbocycles. The summed E-state index contributed by atoms with van der Waals surface area (Å²) >= 11 is 6.03. The van der Waals surface area contributed by atoms with Crippen molar-refractivity contribution in [2.75, 3.05) is 20.2 Å². The summed E-state index contributed by atoms with van der Waals surface area (Å²) < 4.78 is 4.74. The third-order valence-corrected chi connectivity index (χ3v) is 3.98. The third-order valence-electron chi connectivity index (χ3n) is 3.74. The minimum absolute atomic E-state index is 0.212. The van der Waals surface area contributed by atoms with Crippen LogP contribution in [0.25, 0.3) is 5.57 Å². The van der Waals surface area contributed by atoms with Gasteiger partial charge in [0, 0.05) is 11.6 Å². The number of carbonyl (C=O) groups is 1. The molecule has 112 valence electrons. The van der Waals surface area contributed by atoms with Crippen LogP contribution in [-0.4, -0.2) is 43.1 Å². The standard InChI is InChI=1S/C15H19BClNO3/c1-16(20)18-7-5-11(6-8-18)14-4-3-13(17)9-12(14)10-15(19)21-2/h3-5,9,20H,6-8,10H2,1-2H3. The number of carbonyl (C=O) groups excluding carboxylic acids is 1. The summed E-state index contributed by atoms with van der Waals surface area (Å²) in [5, 5.41) is 10.2. The third kappa shape index (κ3) is 4.09. The molecule has 1 aromatic carbocycles. The molecule has 0 amide bonds. The Hall–Kier alpha value is -1.30. The Morgan fingerprint density at radius 3 is 2.86 bits per heavy atom. The molecule has 0 atom stereocenters. The fourth-order valence-electron chi connectivity index (χ4n) is 2.52. The van der Waals surface area contributed by atoms with Gasteiger partial charge in [-0.2, -0.15) is 0 Å². The maximum atomic E-state index is 11.5. The van der Waals surface area contributed by atoms with Crippen molar-refractivity contribution in [3.63, 3.8) is 0 Å². The molecule has 1 aliphatic heterocycles. The second kappa shape index (κ2) is 7.12. The lowest BCUT2D eigenvalue weighted by Crippen LogP contribution is -2.39. The molecule has 0 radical (unpaired) electrons. The number of ether oxygens (including phenoxy) is 1. The molecule has 1 heterocycles. The van der Waals surface area contributed by atoms with E-state index in [1.165, 1.54) is 12.7 Å². The number of nitrogens with zero attached hydrogens (tertiary/aromatic N) is 1. The van der Waals surface area contributed by atoms with Gasteiger partial charge in [-0.15, -0.1) is 0 Å². The van der Waals surface area contributed by atoms with Gasteiger partial charge in [-0.3, -0.25) is 4.79 Å². The zero-order chi connectivity index (χ0) is 15.4.